The minimum atomic E-state index is -3.35. The van der Waals surface area contributed by atoms with Crippen LogP contribution in [0.5, 0.6) is 5.75 Å². The molecule has 0 saturated carbocycles. The summed E-state index contributed by atoms with van der Waals surface area (Å²) in [5.74, 6) is 0.205. The van der Waals surface area contributed by atoms with Crippen LogP contribution in [0.1, 0.15) is 21.5 Å². The highest BCUT2D eigenvalue weighted by atomic mass is 32.2. The number of rotatable bonds is 4. The van der Waals surface area contributed by atoms with Gasteiger partial charge < -0.3 is 4.74 Å². The van der Waals surface area contributed by atoms with Crippen molar-refractivity contribution in [1.29, 1.82) is 0 Å². The SMILES string of the molecule is COc1ccc(C)cc1C(=O)c1cccc(S(C)(=O)=O)c1. The van der Waals surface area contributed by atoms with Crippen LogP contribution < -0.4 is 4.74 Å². The Morgan fingerprint density at radius 3 is 2.43 bits per heavy atom. The third-order valence-corrected chi connectivity index (χ3v) is 4.23. The van der Waals surface area contributed by atoms with Crippen molar-refractivity contribution in [2.75, 3.05) is 13.4 Å². The Kier molecular flexibility index (Phi) is 4.14. The predicted molar refractivity (Wildman–Crippen MR) is 80.7 cm³/mol. The predicted octanol–water partition coefficient (Wildman–Crippen LogP) is 2.64. The van der Waals surface area contributed by atoms with Crippen LogP contribution >= 0.6 is 0 Å². The second-order valence-electron chi connectivity index (χ2n) is 4.83. The molecule has 5 heteroatoms. The molecule has 0 bridgehead atoms. The van der Waals surface area contributed by atoms with Gasteiger partial charge in [-0.25, -0.2) is 8.42 Å². The third-order valence-electron chi connectivity index (χ3n) is 3.12. The molecule has 0 aromatic heterocycles. The largest absolute Gasteiger partial charge is 0.496 e. The van der Waals surface area contributed by atoms with Gasteiger partial charge in [0.15, 0.2) is 15.6 Å². The van der Waals surface area contributed by atoms with Crippen LogP contribution in [0.3, 0.4) is 0 Å². The summed E-state index contributed by atoms with van der Waals surface area (Å²) in [6, 6.07) is 11.3. The minimum Gasteiger partial charge on any atom is -0.496 e. The number of hydrogen-bond donors (Lipinski definition) is 0. The zero-order chi connectivity index (χ0) is 15.6. The summed E-state index contributed by atoms with van der Waals surface area (Å²) < 4.78 is 28.4. The average molecular weight is 304 g/mol. The van der Waals surface area contributed by atoms with E-state index >= 15 is 0 Å². The van der Waals surface area contributed by atoms with Crippen LogP contribution in [0.15, 0.2) is 47.4 Å². The lowest BCUT2D eigenvalue weighted by Crippen LogP contribution is -2.06. The highest BCUT2D eigenvalue weighted by Gasteiger charge is 2.17. The second kappa shape index (κ2) is 5.69. The zero-order valence-corrected chi connectivity index (χ0v) is 12.9. The van der Waals surface area contributed by atoms with E-state index in [0.29, 0.717) is 16.9 Å². The number of methoxy groups -OCH3 is 1. The van der Waals surface area contributed by atoms with Crippen molar-refractivity contribution in [2.24, 2.45) is 0 Å². The topological polar surface area (TPSA) is 60.4 Å². The van der Waals surface area contributed by atoms with Gasteiger partial charge in [0.05, 0.1) is 17.6 Å². The first-order valence-corrected chi connectivity index (χ1v) is 8.21. The molecule has 4 nitrogen and oxygen atoms in total. The molecule has 0 aliphatic rings. The molecule has 0 fully saturated rings. The van der Waals surface area contributed by atoms with E-state index in [2.05, 4.69) is 0 Å². The monoisotopic (exact) mass is 304 g/mol. The molecule has 0 heterocycles. The van der Waals surface area contributed by atoms with Gasteiger partial charge in [-0.05, 0) is 31.2 Å². The van der Waals surface area contributed by atoms with Crippen LogP contribution in [-0.4, -0.2) is 27.6 Å². The maximum absolute atomic E-state index is 12.6. The summed E-state index contributed by atoms with van der Waals surface area (Å²) in [5, 5.41) is 0. The number of hydrogen-bond acceptors (Lipinski definition) is 4. The Hall–Kier alpha value is -2.14. The molecule has 2 aromatic carbocycles. The maximum Gasteiger partial charge on any atom is 0.196 e. The molecule has 0 radical (unpaired) electrons. The molecular formula is C16H16O4S. The standard InChI is InChI=1S/C16H16O4S/c1-11-7-8-15(20-2)14(9-11)16(17)12-5-4-6-13(10-12)21(3,18)19/h4-10H,1-3H3. The molecule has 2 aromatic rings. The Balaban J connectivity index is 2.53. The molecule has 2 rings (SSSR count). The fourth-order valence-corrected chi connectivity index (χ4v) is 2.69. The molecule has 0 atom stereocenters. The van der Waals surface area contributed by atoms with Crippen LogP contribution in [0.25, 0.3) is 0 Å². The van der Waals surface area contributed by atoms with E-state index in [4.69, 9.17) is 4.74 Å². The zero-order valence-electron chi connectivity index (χ0n) is 12.1. The van der Waals surface area contributed by atoms with E-state index in [0.717, 1.165) is 11.8 Å². The van der Waals surface area contributed by atoms with Gasteiger partial charge in [0.1, 0.15) is 5.75 Å². The van der Waals surface area contributed by atoms with E-state index in [9.17, 15) is 13.2 Å². The van der Waals surface area contributed by atoms with Gasteiger partial charge in [0, 0.05) is 11.8 Å². The summed E-state index contributed by atoms with van der Waals surface area (Å²) in [7, 11) is -1.85. The molecule has 0 N–H and O–H groups in total. The molecule has 21 heavy (non-hydrogen) atoms. The van der Waals surface area contributed by atoms with Crippen molar-refractivity contribution in [1.82, 2.24) is 0 Å². The van der Waals surface area contributed by atoms with Crippen LogP contribution in [0, 0.1) is 6.92 Å². The van der Waals surface area contributed by atoms with Crippen molar-refractivity contribution < 1.29 is 17.9 Å². The number of benzene rings is 2. The molecule has 0 aliphatic carbocycles. The quantitative estimate of drug-likeness (QED) is 0.815. The van der Waals surface area contributed by atoms with Crippen molar-refractivity contribution in [3.05, 3.63) is 59.2 Å². The lowest BCUT2D eigenvalue weighted by atomic mass is 10.0. The summed E-state index contributed by atoms with van der Waals surface area (Å²) in [6.45, 7) is 1.88. The average Bonchev–Trinajstić information content (AvgIpc) is 2.45. The summed E-state index contributed by atoms with van der Waals surface area (Å²) >= 11 is 0. The summed E-state index contributed by atoms with van der Waals surface area (Å²) in [4.78, 5) is 12.7. The number of ketones is 1. The maximum atomic E-state index is 12.6. The Bertz CT molecular complexity index is 792. The fraction of sp³-hybridized carbons (Fsp3) is 0.188. The van der Waals surface area contributed by atoms with Crippen LogP contribution in [0.4, 0.5) is 0 Å². The van der Waals surface area contributed by atoms with E-state index in [1.165, 1.54) is 19.2 Å². The van der Waals surface area contributed by atoms with Gasteiger partial charge in [-0.2, -0.15) is 0 Å². The number of sulfone groups is 1. The van der Waals surface area contributed by atoms with Gasteiger partial charge >= 0.3 is 0 Å². The van der Waals surface area contributed by atoms with Crippen LogP contribution in [-0.2, 0) is 9.84 Å². The highest BCUT2D eigenvalue weighted by Crippen LogP contribution is 2.24. The number of aryl methyl sites for hydroxylation is 1. The van der Waals surface area contributed by atoms with Crippen molar-refractivity contribution in [3.63, 3.8) is 0 Å². The highest BCUT2D eigenvalue weighted by molar-refractivity contribution is 7.90. The number of ether oxygens (including phenoxy) is 1. The Morgan fingerprint density at radius 1 is 1.10 bits per heavy atom. The number of carbonyl (C=O) groups is 1. The van der Waals surface area contributed by atoms with E-state index in [1.54, 1.807) is 24.3 Å². The number of carbonyl (C=O) groups excluding carboxylic acids is 1. The van der Waals surface area contributed by atoms with Crippen LogP contribution in [0.2, 0.25) is 0 Å². The normalized spacial score (nSPS) is 11.2. The van der Waals surface area contributed by atoms with Gasteiger partial charge in [-0.3, -0.25) is 4.79 Å². The van der Waals surface area contributed by atoms with Gasteiger partial charge in [0.2, 0.25) is 0 Å². The molecule has 0 saturated heterocycles. The van der Waals surface area contributed by atoms with Crippen molar-refractivity contribution in [2.45, 2.75) is 11.8 Å². The first-order chi connectivity index (χ1) is 9.82. The first kappa shape index (κ1) is 15.3. The summed E-state index contributed by atoms with van der Waals surface area (Å²) in [6.07, 6.45) is 1.11. The Labute approximate surface area is 124 Å². The third kappa shape index (κ3) is 3.31. The first-order valence-electron chi connectivity index (χ1n) is 6.32. The lowest BCUT2D eigenvalue weighted by Gasteiger charge is -2.09. The smallest absolute Gasteiger partial charge is 0.196 e. The molecular weight excluding hydrogens is 288 g/mol. The van der Waals surface area contributed by atoms with Gasteiger partial charge in [0.25, 0.3) is 0 Å². The molecule has 0 amide bonds. The van der Waals surface area contributed by atoms with E-state index < -0.39 is 9.84 Å². The summed E-state index contributed by atoms with van der Waals surface area (Å²) in [5.41, 5.74) is 1.67. The molecule has 0 aliphatic heterocycles. The Morgan fingerprint density at radius 2 is 1.81 bits per heavy atom. The second-order valence-corrected chi connectivity index (χ2v) is 6.85. The molecule has 0 spiro atoms. The van der Waals surface area contributed by atoms with Gasteiger partial charge in [-0.1, -0.05) is 23.8 Å². The van der Waals surface area contributed by atoms with Crippen molar-refractivity contribution >= 4 is 15.6 Å². The lowest BCUT2D eigenvalue weighted by molar-refractivity contribution is 0.103. The van der Waals surface area contributed by atoms with Gasteiger partial charge in [-0.15, -0.1) is 0 Å². The molecule has 110 valence electrons. The van der Waals surface area contributed by atoms with Crippen molar-refractivity contribution in [3.8, 4) is 5.75 Å². The van der Waals surface area contributed by atoms with E-state index in [1.807, 2.05) is 13.0 Å². The fourth-order valence-electron chi connectivity index (χ4n) is 2.02. The minimum absolute atomic E-state index is 0.125. The van der Waals surface area contributed by atoms with E-state index in [-0.39, 0.29) is 10.7 Å². The molecule has 0 unspecified atom stereocenters.